The van der Waals surface area contributed by atoms with Crippen LogP contribution in [0.15, 0.2) is 12.7 Å². The van der Waals surface area contributed by atoms with Gasteiger partial charge in [0.25, 0.3) is 0 Å². The normalized spacial score (nSPS) is 12.5. The third-order valence-electron chi connectivity index (χ3n) is 2.83. The second-order valence-corrected chi connectivity index (χ2v) is 9.11. The maximum absolute atomic E-state index is 6.06. The fourth-order valence-electron chi connectivity index (χ4n) is 2.02. The van der Waals surface area contributed by atoms with Crippen LogP contribution in [-0.4, -0.2) is 14.9 Å². The van der Waals surface area contributed by atoms with Gasteiger partial charge in [0.2, 0.25) is 8.32 Å². The molecule has 0 saturated carbocycles. The van der Waals surface area contributed by atoms with Gasteiger partial charge in [0.05, 0.1) is 0 Å². The molecular weight excluding hydrogens is 176 g/mol. The maximum atomic E-state index is 6.06. The van der Waals surface area contributed by atoms with Crippen molar-refractivity contribution >= 4 is 8.32 Å². The molecule has 0 rings (SSSR count). The summed E-state index contributed by atoms with van der Waals surface area (Å²) in [6.45, 7) is 15.9. The van der Waals surface area contributed by atoms with Gasteiger partial charge in [0.1, 0.15) is 0 Å². The topological polar surface area (TPSA) is 9.23 Å². The van der Waals surface area contributed by atoms with Crippen molar-refractivity contribution < 1.29 is 4.43 Å². The van der Waals surface area contributed by atoms with Crippen molar-refractivity contribution in [3.05, 3.63) is 12.7 Å². The molecule has 0 aliphatic carbocycles. The van der Waals surface area contributed by atoms with Crippen LogP contribution in [0.2, 0.25) is 17.1 Å². The molecule has 0 aliphatic heterocycles. The molecular formula is C11H24OSi. The minimum atomic E-state index is -1.57. The molecule has 0 radical (unpaired) electrons. The van der Waals surface area contributed by atoms with Gasteiger partial charge in [-0.1, -0.05) is 33.8 Å². The Hall–Kier alpha value is -0.0831. The third kappa shape index (κ3) is 2.95. The van der Waals surface area contributed by atoms with Gasteiger partial charge in [-0.2, -0.15) is 0 Å². The van der Waals surface area contributed by atoms with E-state index in [4.69, 9.17) is 4.43 Å². The summed E-state index contributed by atoms with van der Waals surface area (Å²) >= 11 is 0. The molecule has 0 atom stereocenters. The fourth-order valence-corrected chi connectivity index (χ4v) is 6.07. The molecule has 0 bridgehead atoms. The molecule has 13 heavy (non-hydrogen) atoms. The first-order valence-electron chi connectivity index (χ1n) is 5.26. The third-order valence-corrected chi connectivity index (χ3v) is 8.49. The second-order valence-electron chi connectivity index (χ2n) is 4.19. The van der Waals surface area contributed by atoms with E-state index in [0.29, 0.717) is 11.1 Å². The van der Waals surface area contributed by atoms with E-state index in [-0.39, 0.29) is 0 Å². The van der Waals surface area contributed by atoms with Crippen LogP contribution in [0, 0.1) is 0 Å². The lowest BCUT2D eigenvalue weighted by Crippen LogP contribution is -2.44. The highest BCUT2D eigenvalue weighted by molar-refractivity contribution is 6.76. The zero-order chi connectivity index (χ0) is 10.5. The Kier molecular flexibility index (Phi) is 5.57. The lowest BCUT2D eigenvalue weighted by Gasteiger charge is -2.37. The number of rotatable bonds is 6. The Bertz CT molecular complexity index is 144. The quantitative estimate of drug-likeness (QED) is 0.465. The van der Waals surface area contributed by atoms with Crippen LogP contribution in [0.3, 0.4) is 0 Å². The average Bonchev–Trinajstić information content (AvgIpc) is 2.03. The van der Waals surface area contributed by atoms with Gasteiger partial charge in [0, 0.05) is 6.61 Å². The highest BCUT2D eigenvalue weighted by atomic mass is 28.4. The monoisotopic (exact) mass is 200 g/mol. The van der Waals surface area contributed by atoms with E-state index >= 15 is 0 Å². The fraction of sp³-hybridized carbons (Fsp3) is 0.818. The van der Waals surface area contributed by atoms with E-state index in [0.717, 1.165) is 12.7 Å². The second kappa shape index (κ2) is 5.61. The van der Waals surface area contributed by atoms with Gasteiger partial charge < -0.3 is 4.43 Å². The van der Waals surface area contributed by atoms with Crippen molar-refractivity contribution in [2.45, 2.75) is 51.7 Å². The molecule has 2 heteroatoms. The van der Waals surface area contributed by atoms with Gasteiger partial charge in [-0.05, 0) is 24.1 Å². The minimum Gasteiger partial charge on any atom is -0.416 e. The maximum Gasteiger partial charge on any atom is 0.201 e. The van der Waals surface area contributed by atoms with Gasteiger partial charge >= 0.3 is 0 Å². The Morgan fingerprint density at radius 1 is 1.23 bits per heavy atom. The summed E-state index contributed by atoms with van der Waals surface area (Å²) in [5.41, 5.74) is 1.34. The SMILES string of the molecule is C=CC[Si](OCC)(C(C)C)C(C)C. The van der Waals surface area contributed by atoms with Crippen molar-refractivity contribution in [3.63, 3.8) is 0 Å². The van der Waals surface area contributed by atoms with Crippen LogP contribution in [0.25, 0.3) is 0 Å². The number of allylic oxidation sites excluding steroid dienone is 1. The molecule has 0 saturated heterocycles. The van der Waals surface area contributed by atoms with E-state index in [9.17, 15) is 0 Å². The summed E-state index contributed by atoms with van der Waals surface area (Å²) in [5, 5.41) is 0. The molecule has 0 spiro atoms. The molecule has 0 unspecified atom stereocenters. The van der Waals surface area contributed by atoms with Crippen LogP contribution in [0.1, 0.15) is 34.6 Å². The summed E-state index contributed by atoms with van der Waals surface area (Å²) in [6.07, 6.45) is 2.03. The van der Waals surface area contributed by atoms with E-state index < -0.39 is 8.32 Å². The van der Waals surface area contributed by atoms with Crippen LogP contribution in [-0.2, 0) is 4.43 Å². The van der Waals surface area contributed by atoms with Crippen LogP contribution in [0.5, 0.6) is 0 Å². The predicted molar refractivity (Wildman–Crippen MR) is 62.6 cm³/mol. The van der Waals surface area contributed by atoms with E-state index in [1.165, 1.54) is 0 Å². The van der Waals surface area contributed by atoms with Gasteiger partial charge in [-0.15, -0.1) is 6.58 Å². The smallest absolute Gasteiger partial charge is 0.201 e. The Morgan fingerprint density at radius 2 is 1.69 bits per heavy atom. The van der Waals surface area contributed by atoms with Crippen LogP contribution >= 0.6 is 0 Å². The zero-order valence-electron chi connectivity index (χ0n) is 9.76. The minimum absolute atomic E-state index is 0.672. The van der Waals surface area contributed by atoms with E-state index in [1.54, 1.807) is 0 Å². The van der Waals surface area contributed by atoms with Crippen molar-refractivity contribution in [3.8, 4) is 0 Å². The van der Waals surface area contributed by atoms with Crippen molar-refractivity contribution in [1.29, 1.82) is 0 Å². The van der Waals surface area contributed by atoms with Crippen LogP contribution in [0.4, 0.5) is 0 Å². The standard InChI is InChI=1S/C11H24OSi/c1-7-9-13(10(3)4,11(5)6)12-8-2/h7,10-11H,1,8-9H2,2-6H3. The lowest BCUT2D eigenvalue weighted by molar-refractivity contribution is 0.307. The molecule has 0 heterocycles. The molecule has 0 fully saturated rings. The van der Waals surface area contributed by atoms with Crippen LogP contribution < -0.4 is 0 Å². The summed E-state index contributed by atoms with van der Waals surface area (Å²) in [5.74, 6) is 0. The molecule has 0 aromatic heterocycles. The molecule has 78 valence electrons. The van der Waals surface area contributed by atoms with Gasteiger partial charge in [-0.3, -0.25) is 0 Å². The highest BCUT2D eigenvalue weighted by Gasteiger charge is 2.40. The number of hydrogen-bond acceptors (Lipinski definition) is 1. The Labute approximate surface area is 84.3 Å². The highest BCUT2D eigenvalue weighted by Crippen LogP contribution is 2.36. The van der Waals surface area contributed by atoms with Crippen molar-refractivity contribution in [2.75, 3.05) is 6.61 Å². The largest absolute Gasteiger partial charge is 0.416 e. The lowest BCUT2D eigenvalue weighted by atomic mass is 10.5. The van der Waals surface area contributed by atoms with Gasteiger partial charge in [-0.25, -0.2) is 0 Å². The molecule has 0 N–H and O–H groups in total. The summed E-state index contributed by atoms with van der Waals surface area (Å²) < 4.78 is 6.06. The first-order valence-corrected chi connectivity index (χ1v) is 7.53. The average molecular weight is 200 g/mol. The van der Waals surface area contributed by atoms with Crippen molar-refractivity contribution in [2.24, 2.45) is 0 Å². The summed E-state index contributed by atoms with van der Waals surface area (Å²) in [7, 11) is -1.57. The molecule has 1 nitrogen and oxygen atoms in total. The predicted octanol–water partition coefficient (Wildman–Crippen LogP) is 3.97. The summed E-state index contributed by atoms with van der Waals surface area (Å²) in [6, 6.07) is 1.08. The molecule has 0 aliphatic rings. The Balaban J connectivity index is 4.68. The molecule has 0 amide bonds. The first-order chi connectivity index (χ1) is 6.01. The molecule has 0 aromatic carbocycles. The van der Waals surface area contributed by atoms with E-state index in [2.05, 4.69) is 41.2 Å². The van der Waals surface area contributed by atoms with E-state index in [1.807, 2.05) is 6.08 Å². The summed E-state index contributed by atoms with van der Waals surface area (Å²) in [4.78, 5) is 0. The number of hydrogen-bond donors (Lipinski definition) is 0. The molecule has 0 aromatic rings. The Morgan fingerprint density at radius 3 is 1.92 bits per heavy atom. The first kappa shape index (κ1) is 12.9. The van der Waals surface area contributed by atoms with Crippen molar-refractivity contribution in [1.82, 2.24) is 0 Å². The van der Waals surface area contributed by atoms with Gasteiger partial charge in [0.15, 0.2) is 0 Å². The zero-order valence-corrected chi connectivity index (χ0v) is 10.8.